The molecule has 9 heteroatoms. The number of nitrogens with zero attached hydrogens (tertiary/aromatic N) is 1. The number of rotatable bonds is 3. The molecule has 0 unspecified atom stereocenters. The Morgan fingerprint density at radius 1 is 1.14 bits per heavy atom. The van der Waals surface area contributed by atoms with Crippen molar-refractivity contribution in [2.45, 2.75) is 10.9 Å². The average Bonchev–Trinajstić information content (AvgIpc) is 3.22. The molecule has 2 aromatic carbocycles. The molecule has 28 heavy (non-hydrogen) atoms. The maximum Gasteiger partial charge on any atom is 0.257 e. The lowest BCUT2D eigenvalue weighted by molar-refractivity contribution is 0.0709. The minimum absolute atomic E-state index is 0. The molecule has 2 saturated heterocycles. The molecule has 0 aliphatic carbocycles. The summed E-state index contributed by atoms with van der Waals surface area (Å²) in [6.07, 6.45) is 0. The van der Waals surface area contributed by atoms with Crippen molar-refractivity contribution < 1.29 is 17.6 Å². The number of primary sulfonamides is 1. The van der Waals surface area contributed by atoms with Crippen LogP contribution in [0, 0.1) is 17.7 Å². The minimum atomic E-state index is -4.03. The van der Waals surface area contributed by atoms with Gasteiger partial charge in [0.2, 0.25) is 10.0 Å². The number of benzene rings is 2. The van der Waals surface area contributed by atoms with E-state index in [0.29, 0.717) is 6.54 Å². The first-order chi connectivity index (χ1) is 12.9. The Kier molecular flexibility index (Phi) is 5.77. The maximum atomic E-state index is 14.4. The quantitative estimate of drug-likeness (QED) is 0.785. The summed E-state index contributed by atoms with van der Waals surface area (Å²) in [4.78, 5) is 14.6. The standard InChI is InChI=1S/C19H20FN3O3S.ClH/c20-17-7-6-14(27(21,25)26)8-15(17)19(24)23-11-13-9-22-10-16(13)18(23)12-4-2-1-3-5-12;/h1-8,13,16,18,22H,9-11H2,(H2,21,25,26);1H/t13-,16-,18+;/m0./s1. The highest BCUT2D eigenvalue weighted by molar-refractivity contribution is 7.89. The number of nitrogens with one attached hydrogen (secondary N) is 1. The Morgan fingerprint density at radius 3 is 2.54 bits per heavy atom. The van der Waals surface area contributed by atoms with Gasteiger partial charge in [-0.15, -0.1) is 12.4 Å². The monoisotopic (exact) mass is 425 g/mol. The van der Waals surface area contributed by atoms with Gasteiger partial charge in [0.05, 0.1) is 16.5 Å². The fourth-order valence-corrected chi connectivity index (χ4v) is 4.75. The summed E-state index contributed by atoms with van der Waals surface area (Å²) in [6, 6.07) is 12.5. The summed E-state index contributed by atoms with van der Waals surface area (Å²) in [5, 5.41) is 8.49. The second kappa shape index (κ2) is 7.79. The van der Waals surface area contributed by atoms with Gasteiger partial charge >= 0.3 is 0 Å². The number of hydrogen-bond donors (Lipinski definition) is 2. The number of carbonyl (C=O) groups excluding carboxylic acids is 1. The van der Waals surface area contributed by atoms with Crippen molar-refractivity contribution in [2.24, 2.45) is 17.0 Å². The molecule has 2 heterocycles. The molecular formula is C19H21ClFN3O3S. The third-order valence-electron chi connectivity index (χ3n) is 5.46. The van der Waals surface area contributed by atoms with Gasteiger partial charge < -0.3 is 10.2 Å². The molecule has 0 radical (unpaired) electrons. The van der Waals surface area contributed by atoms with Gasteiger partial charge in [0, 0.05) is 25.6 Å². The summed E-state index contributed by atoms with van der Waals surface area (Å²) < 4.78 is 37.6. The highest BCUT2D eigenvalue weighted by Gasteiger charge is 2.47. The van der Waals surface area contributed by atoms with E-state index >= 15 is 0 Å². The number of nitrogens with two attached hydrogens (primary N) is 1. The second-order valence-corrected chi connectivity index (χ2v) is 8.64. The van der Waals surface area contributed by atoms with Crippen molar-refractivity contribution in [3.8, 4) is 0 Å². The van der Waals surface area contributed by atoms with Crippen LogP contribution >= 0.6 is 12.4 Å². The normalized spacial score (nSPS) is 23.9. The fourth-order valence-electron chi connectivity index (χ4n) is 4.21. The molecule has 3 N–H and O–H groups in total. The molecule has 2 aliphatic rings. The first-order valence-corrected chi connectivity index (χ1v) is 10.3. The van der Waals surface area contributed by atoms with Gasteiger partial charge in [0.25, 0.3) is 5.91 Å². The van der Waals surface area contributed by atoms with Gasteiger partial charge in [-0.05, 0) is 29.7 Å². The molecule has 3 atom stereocenters. The topological polar surface area (TPSA) is 92.5 Å². The number of halogens is 2. The molecule has 0 spiro atoms. The van der Waals surface area contributed by atoms with Crippen LogP contribution < -0.4 is 10.5 Å². The van der Waals surface area contributed by atoms with Crippen LogP contribution in [-0.2, 0) is 10.0 Å². The summed E-state index contributed by atoms with van der Waals surface area (Å²) in [6.45, 7) is 2.08. The molecule has 2 aromatic rings. The van der Waals surface area contributed by atoms with Crippen LogP contribution in [0.15, 0.2) is 53.4 Å². The molecule has 4 rings (SSSR count). The number of amides is 1. The van der Waals surface area contributed by atoms with E-state index in [9.17, 15) is 17.6 Å². The highest BCUT2D eigenvalue weighted by Crippen LogP contribution is 2.43. The third-order valence-corrected chi connectivity index (χ3v) is 6.37. The zero-order valence-electron chi connectivity index (χ0n) is 14.9. The SMILES string of the molecule is Cl.NS(=O)(=O)c1ccc(F)c(C(=O)N2C[C@@H]3CNC[C@@H]3[C@H]2c2ccccc2)c1. The smallest absolute Gasteiger partial charge is 0.257 e. The van der Waals surface area contributed by atoms with Crippen LogP contribution in [-0.4, -0.2) is 38.9 Å². The van der Waals surface area contributed by atoms with Gasteiger partial charge in [-0.25, -0.2) is 17.9 Å². The summed E-state index contributed by atoms with van der Waals surface area (Å²) in [5.41, 5.74) is 0.723. The lowest BCUT2D eigenvalue weighted by atomic mass is 9.89. The summed E-state index contributed by atoms with van der Waals surface area (Å²) in [5.74, 6) is -0.750. The molecule has 2 aliphatic heterocycles. The van der Waals surface area contributed by atoms with Gasteiger partial charge in [0.15, 0.2) is 0 Å². The Balaban J connectivity index is 0.00000225. The molecular weight excluding hydrogens is 405 g/mol. The minimum Gasteiger partial charge on any atom is -0.331 e. The largest absolute Gasteiger partial charge is 0.331 e. The van der Waals surface area contributed by atoms with Gasteiger partial charge in [0.1, 0.15) is 5.82 Å². The van der Waals surface area contributed by atoms with Gasteiger partial charge in [-0.3, -0.25) is 4.79 Å². The number of fused-ring (bicyclic) bond motifs is 1. The van der Waals surface area contributed by atoms with Crippen LogP contribution in [0.3, 0.4) is 0 Å². The molecule has 0 aromatic heterocycles. The number of sulfonamides is 1. The lowest BCUT2D eigenvalue weighted by Gasteiger charge is -2.28. The Morgan fingerprint density at radius 2 is 1.86 bits per heavy atom. The predicted molar refractivity (Wildman–Crippen MR) is 105 cm³/mol. The third kappa shape index (κ3) is 3.65. The number of hydrogen-bond acceptors (Lipinski definition) is 4. The number of carbonyl (C=O) groups is 1. The first kappa shape index (κ1) is 20.7. The summed E-state index contributed by atoms with van der Waals surface area (Å²) >= 11 is 0. The van der Waals surface area contributed by atoms with E-state index in [1.54, 1.807) is 4.90 Å². The van der Waals surface area contributed by atoms with E-state index in [-0.39, 0.29) is 40.7 Å². The lowest BCUT2D eigenvalue weighted by Crippen LogP contribution is -2.35. The Hall–Kier alpha value is -2.00. The van der Waals surface area contributed by atoms with Crippen molar-refractivity contribution in [3.63, 3.8) is 0 Å². The first-order valence-electron chi connectivity index (χ1n) is 8.75. The molecule has 1 amide bonds. The van der Waals surface area contributed by atoms with Crippen LogP contribution in [0.1, 0.15) is 22.0 Å². The van der Waals surface area contributed by atoms with E-state index in [1.807, 2.05) is 30.3 Å². The molecule has 150 valence electrons. The zero-order chi connectivity index (χ0) is 19.2. The van der Waals surface area contributed by atoms with E-state index in [1.165, 1.54) is 0 Å². The predicted octanol–water partition coefficient (Wildman–Crippen LogP) is 1.93. The maximum absolute atomic E-state index is 14.4. The van der Waals surface area contributed by atoms with Crippen LogP contribution in [0.5, 0.6) is 0 Å². The van der Waals surface area contributed by atoms with Crippen LogP contribution in [0.2, 0.25) is 0 Å². The second-order valence-electron chi connectivity index (χ2n) is 7.08. The fraction of sp³-hybridized carbons (Fsp3) is 0.316. The van der Waals surface area contributed by atoms with E-state index in [4.69, 9.17) is 5.14 Å². The highest BCUT2D eigenvalue weighted by atomic mass is 35.5. The van der Waals surface area contributed by atoms with Crippen molar-refractivity contribution in [1.29, 1.82) is 0 Å². The Bertz CT molecular complexity index is 987. The van der Waals surface area contributed by atoms with Crippen molar-refractivity contribution in [3.05, 3.63) is 65.5 Å². The van der Waals surface area contributed by atoms with E-state index < -0.39 is 21.7 Å². The van der Waals surface area contributed by atoms with Crippen molar-refractivity contribution in [1.82, 2.24) is 10.2 Å². The summed E-state index contributed by atoms with van der Waals surface area (Å²) in [7, 11) is -4.03. The molecule has 6 nitrogen and oxygen atoms in total. The Labute approximate surface area is 169 Å². The van der Waals surface area contributed by atoms with E-state index in [0.717, 1.165) is 36.9 Å². The molecule has 0 saturated carbocycles. The van der Waals surface area contributed by atoms with Crippen molar-refractivity contribution >= 4 is 28.3 Å². The average molecular weight is 426 g/mol. The van der Waals surface area contributed by atoms with Gasteiger partial charge in [-0.2, -0.15) is 0 Å². The molecule has 2 fully saturated rings. The van der Waals surface area contributed by atoms with Crippen molar-refractivity contribution in [2.75, 3.05) is 19.6 Å². The van der Waals surface area contributed by atoms with E-state index in [2.05, 4.69) is 5.32 Å². The molecule has 0 bridgehead atoms. The van der Waals surface area contributed by atoms with Gasteiger partial charge in [-0.1, -0.05) is 30.3 Å². The number of likely N-dealkylation sites (tertiary alicyclic amines) is 1. The van der Waals surface area contributed by atoms with Crippen LogP contribution in [0.4, 0.5) is 4.39 Å². The van der Waals surface area contributed by atoms with Crippen LogP contribution in [0.25, 0.3) is 0 Å². The zero-order valence-corrected chi connectivity index (χ0v) is 16.5.